The van der Waals surface area contributed by atoms with Crippen molar-refractivity contribution < 1.29 is 22.8 Å². The lowest BCUT2D eigenvalue weighted by atomic mass is 10.4. The van der Waals surface area contributed by atoms with Crippen LogP contribution in [0.2, 0.25) is 0 Å². The molecule has 0 saturated heterocycles. The predicted octanol–water partition coefficient (Wildman–Crippen LogP) is 1.17. The lowest BCUT2D eigenvalue weighted by Gasteiger charge is -2.03. The number of carbonyl (C=O) groups excluding carboxylic acids is 1. The van der Waals surface area contributed by atoms with Crippen LogP contribution in [0.1, 0.15) is 5.82 Å². The molecule has 1 aromatic heterocycles. The first-order valence-electron chi connectivity index (χ1n) is 3.85. The number of aromatic nitrogens is 2. The number of oxime groups is 1. The molecular weight excluding hydrogens is 285 g/mol. The summed E-state index contributed by atoms with van der Waals surface area (Å²) in [6.45, 7) is -1.65. The lowest BCUT2D eigenvalue weighted by molar-refractivity contribution is -0.173. The number of rotatable bonds is 4. The second kappa shape index (κ2) is 5.27. The van der Waals surface area contributed by atoms with Crippen molar-refractivity contribution in [2.75, 3.05) is 12.3 Å². The smallest absolute Gasteiger partial charge is 0.385 e. The number of nitrogens with zero attached hydrogens (tertiary/aromatic N) is 3. The molecule has 1 aromatic rings. The van der Waals surface area contributed by atoms with Crippen LogP contribution >= 0.6 is 23.1 Å². The van der Waals surface area contributed by atoms with E-state index in [-0.39, 0.29) is 11.0 Å². The van der Waals surface area contributed by atoms with Gasteiger partial charge in [0, 0.05) is 11.5 Å². The predicted molar refractivity (Wildman–Crippen MR) is 53.7 cm³/mol. The fraction of sp³-hybridized carbons (Fsp3) is 0.333. The Hall–Kier alpha value is -1.42. The zero-order chi connectivity index (χ0) is 13.1. The highest BCUT2D eigenvalue weighted by Gasteiger charge is 2.29. The fourth-order valence-electron chi connectivity index (χ4n) is 0.666. The Balaban J connectivity index is 2.80. The highest BCUT2D eigenvalue weighted by Crippen LogP contribution is 2.15. The van der Waals surface area contributed by atoms with Gasteiger partial charge in [-0.25, -0.2) is 0 Å². The van der Waals surface area contributed by atoms with Crippen LogP contribution in [0, 0.1) is 0 Å². The average Bonchev–Trinajstić information content (AvgIpc) is 2.57. The van der Waals surface area contributed by atoms with Crippen LogP contribution in [0.15, 0.2) is 5.16 Å². The van der Waals surface area contributed by atoms with Crippen LogP contribution in [0.25, 0.3) is 0 Å². The highest BCUT2D eigenvalue weighted by atomic mass is 35.5. The molecule has 0 atom stereocenters. The van der Waals surface area contributed by atoms with Crippen LogP contribution < -0.4 is 5.73 Å². The first kappa shape index (κ1) is 13.6. The molecular formula is C6H4ClF3N4O2S. The van der Waals surface area contributed by atoms with Gasteiger partial charge in [-0.2, -0.15) is 22.5 Å². The van der Waals surface area contributed by atoms with E-state index >= 15 is 0 Å². The molecule has 94 valence electrons. The summed E-state index contributed by atoms with van der Waals surface area (Å²) in [6, 6.07) is 0. The Morgan fingerprint density at radius 2 is 2.24 bits per heavy atom. The lowest BCUT2D eigenvalue weighted by Crippen LogP contribution is -2.18. The number of carbonyl (C=O) groups is 1. The van der Waals surface area contributed by atoms with E-state index in [1.807, 2.05) is 0 Å². The van der Waals surface area contributed by atoms with Crippen LogP contribution in [0.5, 0.6) is 0 Å². The third-order valence-electron chi connectivity index (χ3n) is 1.22. The second-order valence-electron chi connectivity index (χ2n) is 2.56. The number of halogens is 4. The standard InChI is InChI=1S/C6H4ClF3N4O2S/c7-3(15)2(4-12-5(11)17-14-4)13-16-1-6(8,9)10/h1H2,(H2,11,12,14)/b13-2+. The van der Waals surface area contributed by atoms with E-state index in [2.05, 4.69) is 19.4 Å². The molecule has 0 aliphatic rings. The first-order chi connectivity index (χ1) is 7.79. The molecule has 0 aliphatic carbocycles. The average molecular weight is 289 g/mol. The van der Waals surface area contributed by atoms with Gasteiger partial charge in [0.05, 0.1) is 0 Å². The summed E-state index contributed by atoms with van der Waals surface area (Å²) < 4.78 is 38.8. The monoisotopic (exact) mass is 288 g/mol. The molecule has 1 heterocycles. The van der Waals surface area contributed by atoms with Gasteiger partial charge in [0.25, 0.3) is 5.24 Å². The molecule has 0 spiro atoms. The summed E-state index contributed by atoms with van der Waals surface area (Å²) >= 11 is 5.83. The van der Waals surface area contributed by atoms with Crippen molar-refractivity contribution in [3.63, 3.8) is 0 Å². The Morgan fingerprint density at radius 3 is 2.65 bits per heavy atom. The van der Waals surface area contributed by atoms with Gasteiger partial charge in [0.1, 0.15) is 0 Å². The molecule has 1 rings (SSSR count). The quantitative estimate of drug-likeness (QED) is 0.510. The van der Waals surface area contributed by atoms with Gasteiger partial charge < -0.3 is 10.6 Å². The summed E-state index contributed by atoms with van der Waals surface area (Å²) in [5, 5.41) is 1.80. The van der Waals surface area contributed by atoms with Crippen molar-refractivity contribution in [2.45, 2.75) is 6.18 Å². The molecule has 0 amide bonds. The van der Waals surface area contributed by atoms with Gasteiger partial charge in [-0.1, -0.05) is 5.16 Å². The zero-order valence-electron chi connectivity index (χ0n) is 7.86. The van der Waals surface area contributed by atoms with Gasteiger partial charge in [0.15, 0.2) is 5.13 Å². The molecule has 0 unspecified atom stereocenters. The normalized spacial score (nSPS) is 12.6. The molecule has 0 aromatic carbocycles. The number of nitrogen functional groups attached to an aromatic ring is 1. The zero-order valence-corrected chi connectivity index (χ0v) is 9.44. The molecule has 6 nitrogen and oxygen atoms in total. The molecule has 0 fully saturated rings. The number of anilines is 1. The first-order valence-corrected chi connectivity index (χ1v) is 5.01. The summed E-state index contributed by atoms with van der Waals surface area (Å²) in [5.41, 5.74) is 4.59. The summed E-state index contributed by atoms with van der Waals surface area (Å²) in [6.07, 6.45) is -4.57. The molecule has 0 aliphatic heterocycles. The van der Waals surface area contributed by atoms with Gasteiger partial charge >= 0.3 is 6.18 Å². The summed E-state index contributed by atoms with van der Waals surface area (Å²) in [4.78, 5) is 18.3. The highest BCUT2D eigenvalue weighted by molar-refractivity contribution is 7.09. The topological polar surface area (TPSA) is 90.5 Å². The third kappa shape index (κ3) is 4.53. The fourth-order valence-corrected chi connectivity index (χ4v) is 1.22. The SMILES string of the molecule is Nc1nc(/C(=N/OCC(F)(F)F)C(=O)Cl)ns1. The van der Waals surface area contributed by atoms with E-state index in [4.69, 9.17) is 17.3 Å². The Labute approximate surface area is 101 Å². The van der Waals surface area contributed by atoms with Crippen molar-refractivity contribution in [1.29, 1.82) is 0 Å². The third-order valence-corrected chi connectivity index (χ3v) is 1.95. The minimum atomic E-state index is -4.57. The minimum Gasteiger partial charge on any atom is -0.385 e. The van der Waals surface area contributed by atoms with E-state index in [0.29, 0.717) is 0 Å². The number of hydrogen-bond acceptors (Lipinski definition) is 7. The van der Waals surface area contributed by atoms with E-state index in [0.717, 1.165) is 11.5 Å². The number of hydrogen-bond donors (Lipinski definition) is 1. The molecule has 11 heteroatoms. The Morgan fingerprint density at radius 1 is 1.59 bits per heavy atom. The van der Waals surface area contributed by atoms with Crippen LogP contribution in [0.3, 0.4) is 0 Å². The molecule has 2 N–H and O–H groups in total. The van der Waals surface area contributed by atoms with E-state index < -0.39 is 23.7 Å². The number of alkyl halides is 3. The van der Waals surface area contributed by atoms with Gasteiger partial charge in [-0.3, -0.25) is 4.79 Å². The van der Waals surface area contributed by atoms with E-state index in [9.17, 15) is 18.0 Å². The molecule has 0 saturated carbocycles. The maximum atomic E-state index is 11.8. The van der Waals surface area contributed by atoms with Crippen molar-refractivity contribution in [2.24, 2.45) is 5.16 Å². The van der Waals surface area contributed by atoms with Gasteiger partial charge in [-0.15, -0.1) is 0 Å². The van der Waals surface area contributed by atoms with Crippen LogP contribution in [-0.2, 0) is 9.63 Å². The number of nitrogens with two attached hydrogens (primary N) is 1. The largest absolute Gasteiger partial charge is 0.425 e. The minimum absolute atomic E-state index is 0.0152. The van der Waals surface area contributed by atoms with Crippen molar-refractivity contribution >= 4 is 39.2 Å². The second-order valence-corrected chi connectivity index (χ2v) is 3.69. The van der Waals surface area contributed by atoms with Crippen molar-refractivity contribution in [1.82, 2.24) is 9.36 Å². The van der Waals surface area contributed by atoms with Gasteiger partial charge in [0.2, 0.25) is 18.1 Å². The molecule has 0 radical (unpaired) electrons. The molecule has 17 heavy (non-hydrogen) atoms. The molecule has 0 bridgehead atoms. The maximum absolute atomic E-state index is 11.8. The van der Waals surface area contributed by atoms with Crippen LogP contribution in [0.4, 0.5) is 18.3 Å². The Bertz CT molecular complexity index is 447. The summed E-state index contributed by atoms with van der Waals surface area (Å²) in [5.74, 6) is -0.283. The maximum Gasteiger partial charge on any atom is 0.425 e. The van der Waals surface area contributed by atoms with Crippen molar-refractivity contribution in [3.8, 4) is 0 Å². The Kier molecular flexibility index (Phi) is 4.23. The van der Waals surface area contributed by atoms with Gasteiger partial charge in [-0.05, 0) is 11.6 Å². The summed E-state index contributed by atoms with van der Waals surface area (Å²) in [7, 11) is 0. The van der Waals surface area contributed by atoms with Crippen molar-refractivity contribution in [3.05, 3.63) is 5.82 Å². The van der Waals surface area contributed by atoms with E-state index in [1.54, 1.807) is 0 Å². The van der Waals surface area contributed by atoms with Crippen LogP contribution in [-0.4, -0.2) is 33.1 Å². The van der Waals surface area contributed by atoms with E-state index in [1.165, 1.54) is 0 Å².